The van der Waals surface area contributed by atoms with Crippen LogP contribution >= 0.6 is 0 Å². The lowest BCUT2D eigenvalue weighted by atomic mass is 9.93. The highest BCUT2D eigenvalue weighted by atomic mass is 16.2. The zero-order valence-corrected chi connectivity index (χ0v) is 10.9. The number of nitrogens with zero attached hydrogens (tertiary/aromatic N) is 2. The molecule has 0 aliphatic carbocycles. The smallest absolute Gasteiger partial charge is 0.226 e. The molecule has 4 nitrogen and oxygen atoms in total. The molecule has 98 valence electrons. The fourth-order valence-corrected chi connectivity index (χ4v) is 3.08. The minimum Gasteiger partial charge on any atom is -0.342 e. The van der Waals surface area contributed by atoms with Gasteiger partial charge in [0.25, 0.3) is 0 Å². The lowest BCUT2D eigenvalue weighted by Gasteiger charge is -2.37. The second kappa shape index (κ2) is 5.83. The molecule has 4 heteroatoms. The van der Waals surface area contributed by atoms with Crippen molar-refractivity contribution in [3.8, 4) is 0 Å². The van der Waals surface area contributed by atoms with Crippen LogP contribution in [-0.2, 0) is 4.79 Å². The number of hydrogen-bond donors (Lipinski definition) is 1. The first-order valence-corrected chi connectivity index (χ1v) is 6.88. The average molecular weight is 239 g/mol. The molecule has 0 unspecified atom stereocenters. The summed E-state index contributed by atoms with van der Waals surface area (Å²) in [6, 6.07) is 0. The van der Waals surface area contributed by atoms with Crippen molar-refractivity contribution in [2.75, 3.05) is 39.8 Å². The number of likely N-dealkylation sites (tertiary alicyclic amines) is 2. The quantitative estimate of drug-likeness (QED) is 0.764. The predicted molar refractivity (Wildman–Crippen MR) is 68.6 cm³/mol. The van der Waals surface area contributed by atoms with E-state index in [9.17, 15) is 4.79 Å². The Labute approximate surface area is 104 Å². The van der Waals surface area contributed by atoms with Crippen molar-refractivity contribution in [3.63, 3.8) is 0 Å². The van der Waals surface area contributed by atoms with Crippen LogP contribution in [0.15, 0.2) is 0 Å². The van der Waals surface area contributed by atoms with Gasteiger partial charge in [-0.2, -0.15) is 0 Å². The lowest BCUT2D eigenvalue weighted by Crippen LogP contribution is -2.48. The Hall–Kier alpha value is -0.610. The topological polar surface area (TPSA) is 49.6 Å². The zero-order chi connectivity index (χ0) is 12.3. The third-order valence-electron chi connectivity index (χ3n) is 4.14. The molecule has 2 fully saturated rings. The summed E-state index contributed by atoms with van der Waals surface area (Å²) in [6.45, 7) is 4.61. The van der Waals surface area contributed by atoms with E-state index in [1.807, 2.05) is 0 Å². The molecule has 2 aliphatic rings. The van der Waals surface area contributed by atoms with Crippen LogP contribution < -0.4 is 5.73 Å². The second-order valence-electron chi connectivity index (χ2n) is 5.63. The lowest BCUT2D eigenvalue weighted by molar-refractivity contribution is -0.139. The molecule has 17 heavy (non-hydrogen) atoms. The first kappa shape index (κ1) is 12.8. The van der Waals surface area contributed by atoms with Gasteiger partial charge in [0.15, 0.2) is 0 Å². The Morgan fingerprint density at radius 1 is 1.24 bits per heavy atom. The number of rotatable bonds is 2. The molecule has 2 saturated heterocycles. The van der Waals surface area contributed by atoms with Crippen LogP contribution in [0.2, 0.25) is 0 Å². The zero-order valence-electron chi connectivity index (χ0n) is 10.9. The number of amides is 1. The third kappa shape index (κ3) is 3.19. The fraction of sp³-hybridized carbons (Fsp3) is 0.923. The standard InChI is InChI=1S/C13H25N3O/c1-15-6-3-5-12(10-15)13(17)16-7-2-4-11(8-14)9-16/h11-12H,2-10,14H2,1H3/t11-,12+/m1/s1. The second-order valence-corrected chi connectivity index (χ2v) is 5.63. The van der Waals surface area contributed by atoms with Crippen molar-refractivity contribution in [2.24, 2.45) is 17.6 Å². The summed E-state index contributed by atoms with van der Waals surface area (Å²) in [5.41, 5.74) is 5.72. The fourth-order valence-electron chi connectivity index (χ4n) is 3.08. The van der Waals surface area contributed by atoms with Gasteiger partial charge in [0.1, 0.15) is 0 Å². The van der Waals surface area contributed by atoms with Gasteiger partial charge in [0.05, 0.1) is 5.92 Å². The van der Waals surface area contributed by atoms with Gasteiger partial charge >= 0.3 is 0 Å². The maximum atomic E-state index is 12.4. The maximum absolute atomic E-state index is 12.4. The highest BCUT2D eigenvalue weighted by molar-refractivity contribution is 5.79. The van der Waals surface area contributed by atoms with E-state index < -0.39 is 0 Å². The molecule has 1 amide bonds. The monoisotopic (exact) mass is 239 g/mol. The highest BCUT2D eigenvalue weighted by Crippen LogP contribution is 2.22. The van der Waals surface area contributed by atoms with Crippen LogP contribution in [0.5, 0.6) is 0 Å². The maximum Gasteiger partial charge on any atom is 0.226 e. The van der Waals surface area contributed by atoms with E-state index in [1.54, 1.807) is 0 Å². The molecular weight excluding hydrogens is 214 g/mol. The normalized spacial score (nSPS) is 31.5. The van der Waals surface area contributed by atoms with Gasteiger partial charge in [-0.1, -0.05) is 0 Å². The summed E-state index contributed by atoms with van der Waals surface area (Å²) in [5, 5.41) is 0. The largest absolute Gasteiger partial charge is 0.342 e. The van der Waals surface area contributed by atoms with Crippen molar-refractivity contribution >= 4 is 5.91 Å². The molecule has 0 spiro atoms. The Morgan fingerprint density at radius 3 is 2.71 bits per heavy atom. The SMILES string of the molecule is CN1CCC[C@H](C(=O)N2CCC[C@H](CN)C2)C1. The first-order chi connectivity index (χ1) is 8.20. The van der Waals surface area contributed by atoms with Crippen molar-refractivity contribution in [1.82, 2.24) is 9.80 Å². The molecule has 0 aromatic heterocycles. The van der Waals surface area contributed by atoms with Gasteiger partial charge in [-0.3, -0.25) is 4.79 Å². The van der Waals surface area contributed by atoms with Crippen LogP contribution in [0.3, 0.4) is 0 Å². The van der Waals surface area contributed by atoms with E-state index in [0.29, 0.717) is 18.4 Å². The molecule has 2 atom stereocenters. The summed E-state index contributed by atoms with van der Waals surface area (Å²) in [6.07, 6.45) is 4.52. The van der Waals surface area contributed by atoms with Crippen LogP contribution in [-0.4, -0.2) is 55.5 Å². The first-order valence-electron chi connectivity index (χ1n) is 6.88. The van der Waals surface area contributed by atoms with E-state index in [4.69, 9.17) is 5.73 Å². The molecular formula is C13H25N3O. The van der Waals surface area contributed by atoms with Gasteiger partial charge in [-0.05, 0) is 51.7 Å². The number of piperidine rings is 2. The van der Waals surface area contributed by atoms with E-state index in [0.717, 1.165) is 45.4 Å². The molecule has 0 aromatic carbocycles. The Balaban J connectivity index is 1.89. The molecule has 2 rings (SSSR count). The third-order valence-corrected chi connectivity index (χ3v) is 4.14. The minimum absolute atomic E-state index is 0.227. The van der Waals surface area contributed by atoms with E-state index in [-0.39, 0.29) is 5.92 Å². The Kier molecular flexibility index (Phi) is 4.40. The van der Waals surface area contributed by atoms with E-state index in [2.05, 4.69) is 16.8 Å². The molecule has 2 aliphatic heterocycles. The summed E-state index contributed by atoms with van der Waals surface area (Å²) >= 11 is 0. The van der Waals surface area contributed by atoms with E-state index in [1.165, 1.54) is 6.42 Å². The molecule has 0 radical (unpaired) electrons. The number of carbonyl (C=O) groups is 1. The molecule has 0 aromatic rings. The Bertz CT molecular complexity index is 269. The number of hydrogen-bond acceptors (Lipinski definition) is 3. The number of carbonyl (C=O) groups excluding carboxylic acids is 1. The van der Waals surface area contributed by atoms with Crippen LogP contribution in [0.1, 0.15) is 25.7 Å². The average Bonchev–Trinajstić information content (AvgIpc) is 2.38. The van der Waals surface area contributed by atoms with Crippen molar-refractivity contribution < 1.29 is 4.79 Å². The van der Waals surface area contributed by atoms with E-state index >= 15 is 0 Å². The van der Waals surface area contributed by atoms with Gasteiger partial charge in [0, 0.05) is 19.6 Å². The van der Waals surface area contributed by atoms with Gasteiger partial charge < -0.3 is 15.5 Å². The summed E-state index contributed by atoms with van der Waals surface area (Å²) in [4.78, 5) is 16.8. The van der Waals surface area contributed by atoms with Crippen molar-refractivity contribution in [1.29, 1.82) is 0 Å². The molecule has 2 heterocycles. The van der Waals surface area contributed by atoms with Crippen LogP contribution in [0, 0.1) is 11.8 Å². The van der Waals surface area contributed by atoms with Crippen LogP contribution in [0.25, 0.3) is 0 Å². The van der Waals surface area contributed by atoms with Gasteiger partial charge in [-0.15, -0.1) is 0 Å². The molecule has 0 saturated carbocycles. The predicted octanol–water partition coefficient (Wildman–Crippen LogP) is 0.526. The van der Waals surface area contributed by atoms with Crippen molar-refractivity contribution in [3.05, 3.63) is 0 Å². The summed E-state index contributed by atoms with van der Waals surface area (Å²) in [5.74, 6) is 1.12. The summed E-state index contributed by atoms with van der Waals surface area (Å²) < 4.78 is 0. The molecule has 2 N–H and O–H groups in total. The molecule has 0 bridgehead atoms. The Morgan fingerprint density at radius 2 is 2.00 bits per heavy atom. The van der Waals surface area contributed by atoms with Gasteiger partial charge in [-0.25, -0.2) is 0 Å². The highest BCUT2D eigenvalue weighted by Gasteiger charge is 2.30. The van der Waals surface area contributed by atoms with Gasteiger partial charge in [0.2, 0.25) is 5.91 Å². The van der Waals surface area contributed by atoms with Crippen LogP contribution in [0.4, 0.5) is 0 Å². The number of nitrogens with two attached hydrogens (primary N) is 1. The van der Waals surface area contributed by atoms with Crippen molar-refractivity contribution in [2.45, 2.75) is 25.7 Å². The minimum atomic E-state index is 0.227. The summed E-state index contributed by atoms with van der Waals surface area (Å²) in [7, 11) is 2.11.